The predicted octanol–water partition coefficient (Wildman–Crippen LogP) is 4.20. The molecule has 2 heterocycles. The number of benzene rings is 2. The fourth-order valence-corrected chi connectivity index (χ4v) is 4.67. The molecule has 2 aliphatic heterocycles. The van der Waals surface area contributed by atoms with Crippen molar-refractivity contribution in [1.82, 2.24) is 14.7 Å². The zero-order valence-electron chi connectivity index (χ0n) is 17.7. The molecule has 30 heavy (non-hydrogen) atoms. The third-order valence-electron chi connectivity index (χ3n) is 6.47. The Balaban J connectivity index is 1.29. The molecule has 1 aliphatic carbocycles. The van der Waals surface area contributed by atoms with Crippen molar-refractivity contribution in [3.63, 3.8) is 0 Å². The summed E-state index contributed by atoms with van der Waals surface area (Å²) < 4.78 is 0. The second kappa shape index (κ2) is 8.49. The molecule has 1 unspecified atom stereocenters. The van der Waals surface area contributed by atoms with Crippen LogP contribution in [0.2, 0.25) is 0 Å². The molecule has 5 rings (SSSR count). The van der Waals surface area contributed by atoms with Gasteiger partial charge in [-0.05, 0) is 36.1 Å². The van der Waals surface area contributed by atoms with Crippen LogP contribution in [-0.2, 0) is 13.1 Å². The average Bonchev–Trinajstić information content (AvgIpc) is 3.15. The van der Waals surface area contributed by atoms with Crippen LogP contribution in [0.25, 0.3) is 0 Å². The lowest BCUT2D eigenvalue weighted by Crippen LogP contribution is -2.53. The number of aryl methyl sites for hydroxylation is 1. The Bertz CT molecular complexity index is 968. The maximum Gasteiger partial charge on any atom is 0.202 e. The normalized spacial score (nSPS) is 21.4. The SMILES string of the molecule is Cc1ccccc1CN1CCN(C2=NC3=CC=CCC3N2Cc2ccccc2)CC1. The Morgan fingerprint density at radius 2 is 1.67 bits per heavy atom. The highest BCUT2D eigenvalue weighted by atomic mass is 15.4. The molecule has 0 amide bonds. The van der Waals surface area contributed by atoms with E-state index >= 15 is 0 Å². The van der Waals surface area contributed by atoms with Crippen molar-refractivity contribution in [3.05, 3.63) is 95.2 Å². The van der Waals surface area contributed by atoms with E-state index in [-0.39, 0.29) is 0 Å². The third kappa shape index (κ3) is 3.92. The lowest BCUT2D eigenvalue weighted by atomic mass is 10.0. The van der Waals surface area contributed by atoms with Crippen LogP contribution in [0.5, 0.6) is 0 Å². The standard InChI is InChI=1S/C26H30N4/c1-21-9-5-6-12-23(21)20-28-15-17-29(18-16-28)26-27-24-13-7-8-14-25(24)30(26)19-22-10-3-2-4-11-22/h2-13,25H,14-20H2,1H3. The molecule has 4 heteroatoms. The third-order valence-corrected chi connectivity index (χ3v) is 6.47. The number of piperazine rings is 1. The predicted molar refractivity (Wildman–Crippen MR) is 123 cm³/mol. The van der Waals surface area contributed by atoms with Gasteiger partial charge in [0.1, 0.15) is 0 Å². The minimum Gasteiger partial charge on any atom is -0.340 e. The maximum atomic E-state index is 5.09. The van der Waals surface area contributed by atoms with Crippen molar-refractivity contribution in [2.75, 3.05) is 26.2 Å². The molecule has 154 valence electrons. The van der Waals surface area contributed by atoms with Gasteiger partial charge in [-0.1, -0.05) is 66.7 Å². The van der Waals surface area contributed by atoms with Crippen molar-refractivity contribution in [1.29, 1.82) is 0 Å². The monoisotopic (exact) mass is 398 g/mol. The molecule has 0 N–H and O–H groups in total. The molecule has 1 saturated heterocycles. The van der Waals surface area contributed by atoms with Gasteiger partial charge >= 0.3 is 0 Å². The van der Waals surface area contributed by atoms with Gasteiger partial charge in [-0.2, -0.15) is 0 Å². The molecule has 0 spiro atoms. The minimum atomic E-state index is 0.371. The number of aliphatic imine (C=N–C) groups is 1. The second-order valence-corrected chi connectivity index (χ2v) is 8.49. The van der Waals surface area contributed by atoms with E-state index < -0.39 is 0 Å². The first-order chi connectivity index (χ1) is 14.8. The highest BCUT2D eigenvalue weighted by Crippen LogP contribution is 2.30. The van der Waals surface area contributed by atoms with E-state index in [1.807, 2.05) is 0 Å². The highest BCUT2D eigenvalue weighted by Gasteiger charge is 2.35. The number of nitrogens with zero attached hydrogens (tertiary/aromatic N) is 4. The fourth-order valence-electron chi connectivity index (χ4n) is 4.67. The molecular formula is C26H30N4. The minimum absolute atomic E-state index is 0.371. The lowest BCUT2D eigenvalue weighted by Gasteiger charge is -2.39. The van der Waals surface area contributed by atoms with Crippen molar-refractivity contribution >= 4 is 5.96 Å². The van der Waals surface area contributed by atoms with Crippen LogP contribution in [0.4, 0.5) is 0 Å². The van der Waals surface area contributed by atoms with Gasteiger partial charge in [0.15, 0.2) is 0 Å². The Morgan fingerprint density at radius 1 is 0.900 bits per heavy atom. The van der Waals surface area contributed by atoms with Crippen molar-refractivity contribution < 1.29 is 0 Å². The Kier molecular flexibility index (Phi) is 5.41. The van der Waals surface area contributed by atoms with Crippen LogP contribution in [-0.4, -0.2) is 52.9 Å². The molecule has 0 bridgehead atoms. The van der Waals surface area contributed by atoms with E-state index in [2.05, 4.69) is 94.4 Å². The van der Waals surface area contributed by atoms with Gasteiger partial charge in [-0.15, -0.1) is 0 Å². The molecule has 0 aromatic heterocycles. The smallest absolute Gasteiger partial charge is 0.202 e. The molecule has 0 saturated carbocycles. The molecule has 1 fully saturated rings. The molecule has 0 radical (unpaired) electrons. The Labute approximate surface area is 179 Å². The Morgan fingerprint density at radius 3 is 2.47 bits per heavy atom. The first-order valence-electron chi connectivity index (χ1n) is 11.1. The van der Waals surface area contributed by atoms with Gasteiger partial charge in [-0.3, -0.25) is 4.90 Å². The molecule has 2 aromatic rings. The van der Waals surface area contributed by atoms with Gasteiger partial charge < -0.3 is 9.80 Å². The number of hydrogen-bond acceptors (Lipinski definition) is 4. The molecule has 3 aliphatic rings. The largest absolute Gasteiger partial charge is 0.340 e. The van der Waals surface area contributed by atoms with Gasteiger partial charge in [0.05, 0.1) is 11.7 Å². The number of allylic oxidation sites excluding steroid dienone is 2. The van der Waals surface area contributed by atoms with Crippen LogP contribution in [0.1, 0.15) is 23.1 Å². The first kappa shape index (κ1) is 19.1. The summed E-state index contributed by atoms with van der Waals surface area (Å²) >= 11 is 0. The average molecular weight is 399 g/mol. The first-order valence-corrected chi connectivity index (χ1v) is 11.1. The second-order valence-electron chi connectivity index (χ2n) is 8.49. The summed E-state index contributed by atoms with van der Waals surface area (Å²) in [6.07, 6.45) is 7.65. The van der Waals surface area contributed by atoms with Gasteiger partial charge in [0.2, 0.25) is 5.96 Å². The topological polar surface area (TPSA) is 22.1 Å². The van der Waals surface area contributed by atoms with Gasteiger partial charge in [0, 0.05) is 39.3 Å². The van der Waals surface area contributed by atoms with E-state index in [1.54, 1.807) is 0 Å². The van der Waals surface area contributed by atoms with Crippen molar-refractivity contribution in [2.24, 2.45) is 4.99 Å². The van der Waals surface area contributed by atoms with Crippen molar-refractivity contribution in [2.45, 2.75) is 32.5 Å². The quantitative estimate of drug-likeness (QED) is 0.771. The Hall–Kier alpha value is -2.85. The van der Waals surface area contributed by atoms with E-state index in [0.717, 1.165) is 51.6 Å². The zero-order chi connectivity index (χ0) is 20.3. The summed E-state index contributed by atoms with van der Waals surface area (Å²) in [5.41, 5.74) is 5.39. The van der Waals surface area contributed by atoms with Crippen LogP contribution >= 0.6 is 0 Å². The van der Waals surface area contributed by atoms with Crippen LogP contribution in [0, 0.1) is 6.92 Å². The summed E-state index contributed by atoms with van der Waals surface area (Å²) in [5.74, 6) is 1.16. The number of rotatable bonds is 4. The van der Waals surface area contributed by atoms with Gasteiger partial charge in [-0.25, -0.2) is 4.99 Å². The zero-order valence-corrected chi connectivity index (χ0v) is 17.7. The summed E-state index contributed by atoms with van der Waals surface area (Å²) in [7, 11) is 0. The number of hydrogen-bond donors (Lipinski definition) is 0. The molecule has 1 atom stereocenters. The lowest BCUT2D eigenvalue weighted by molar-refractivity contribution is 0.160. The summed E-state index contributed by atoms with van der Waals surface area (Å²) in [6, 6.07) is 19.9. The molecular weight excluding hydrogens is 368 g/mol. The van der Waals surface area contributed by atoms with Crippen molar-refractivity contribution in [3.8, 4) is 0 Å². The summed E-state index contributed by atoms with van der Waals surface area (Å²) in [5, 5.41) is 0. The van der Waals surface area contributed by atoms with Gasteiger partial charge in [0.25, 0.3) is 0 Å². The van der Waals surface area contributed by atoms with E-state index in [1.165, 1.54) is 22.4 Å². The molecule has 4 nitrogen and oxygen atoms in total. The number of guanidine groups is 1. The van der Waals surface area contributed by atoms with E-state index in [0.29, 0.717) is 6.04 Å². The summed E-state index contributed by atoms with van der Waals surface area (Å²) in [6.45, 7) is 8.39. The van der Waals surface area contributed by atoms with E-state index in [9.17, 15) is 0 Å². The van der Waals surface area contributed by atoms with Crippen LogP contribution in [0.15, 0.2) is 83.5 Å². The summed E-state index contributed by atoms with van der Waals surface area (Å²) in [4.78, 5) is 12.7. The van der Waals surface area contributed by atoms with Crippen LogP contribution < -0.4 is 0 Å². The fraction of sp³-hybridized carbons (Fsp3) is 0.346. The highest BCUT2D eigenvalue weighted by molar-refractivity contribution is 5.85. The van der Waals surface area contributed by atoms with Crippen LogP contribution in [0.3, 0.4) is 0 Å². The maximum absolute atomic E-state index is 5.09. The van der Waals surface area contributed by atoms with E-state index in [4.69, 9.17) is 4.99 Å². The molecule has 2 aromatic carbocycles. The number of fused-ring (bicyclic) bond motifs is 1.